The standard InChI is InChI=1S/C54H34N4/c1-5-19-44-36(13-1)17-11-23-48(44)53-56-52(57-54(58-53)49-24-12-18-37-14-2-6-20-45(37)49)43-33-41(35-26-28-38(29-27-35)50-25-9-10-30-55-50)32-42(34-43)51-46-21-7-3-15-39(46)31-40-16-4-8-22-47(40)51/h1-34H. The van der Waals surface area contributed by atoms with E-state index >= 15 is 0 Å². The molecule has 2 aromatic heterocycles. The largest absolute Gasteiger partial charge is 0.256 e. The molecule has 0 aliphatic heterocycles. The summed E-state index contributed by atoms with van der Waals surface area (Å²) in [6, 6.07) is 70.6. The predicted octanol–water partition coefficient (Wildman–Crippen LogP) is 13.9. The Labute approximate surface area is 335 Å². The molecule has 0 amide bonds. The van der Waals surface area contributed by atoms with Crippen LogP contribution in [0.1, 0.15) is 0 Å². The second-order valence-corrected chi connectivity index (χ2v) is 14.6. The molecular formula is C54H34N4. The Balaban J connectivity index is 1.19. The Morgan fingerprint density at radius 1 is 0.276 bits per heavy atom. The van der Waals surface area contributed by atoms with E-state index < -0.39 is 0 Å². The molecule has 4 heteroatoms. The molecule has 58 heavy (non-hydrogen) atoms. The maximum atomic E-state index is 5.35. The molecule has 9 aromatic carbocycles. The van der Waals surface area contributed by atoms with Crippen molar-refractivity contribution in [3.05, 3.63) is 206 Å². The van der Waals surface area contributed by atoms with Crippen molar-refractivity contribution in [2.24, 2.45) is 0 Å². The van der Waals surface area contributed by atoms with E-state index in [1.54, 1.807) is 0 Å². The van der Waals surface area contributed by atoms with Crippen molar-refractivity contribution in [3.8, 4) is 67.7 Å². The van der Waals surface area contributed by atoms with Crippen molar-refractivity contribution < 1.29 is 0 Å². The number of benzene rings is 9. The van der Waals surface area contributed by atoms with Gasteiger partial charge in [-0.15, -0.1) is 0 Å². The zero-order valence-corrected chi connectivity index (χ0v) is 31.4. The third-order valence-electron chi connectivity index (χ3n) is 11.1. The van der Waals surface area contributed by atoms with Gasteiger partial charge in [-0.05, 0) is 102 Å². The Morgan fingerprint density at radius 2 is 0.741 bits per heavy atom. The summed E-state index contributed by atoms with van der Waals surface area (Å²) in [7, 11) is 0. The molecule has 11 aromatic rings. The summed E-state index contributed by atoms with van der Waals surface area (Å²) < 4.78 is 0. The van der Waals surface area contributed by atoms with Gasteiger partial charge < -0.3 is 0 Å². The fourth-order valence-electron chi connectivity index (χ4n) is 8.35. The van der Waals surface area contributed by atoms with Crippen molar-refractivity contribution >= 4 is 43.1 Å². The molecule has 0 N–H and O–H groups in total. The van der Waals surface area contributed by atoms with Crippen LogP contribution in [0.25, 0.3) is 111 Å². The molecule has 0 radical (unpaired) electrons. The smallest absolute Gasteiger partial charge is 0.164 e. The number of fused-ring (bicyclic) bond motifs is 4. The molecule has 0 aliphatic carbocycles. The van der Waals surface area contributed by atoms with Crippen LogP contribution in [0.3, 0.4) is 0 Å². The van der Waals surface area contributed by atoms with E-state index in [1.165, 1.54) is 27.1 Å². The van der Waals surface area contributed by atoms with E-state index in [9.17, 15) is 0 Å². The molecule has 4 nitrogen and oxygen atoms in total. The number of nitrogens with zero attached hydrogens (tertiary/aromatic N) is 4. The van der Waals surface area contributed by atoms with Crippen LogP contribution in [0, 0.1) is 0 Å². The number of hydrogen-bond acceptors (Lipinski definition) is 4. The van der Waals surface area contributed by atoms with Crippen molar-refractivity contribution in [2.45, 2.75) is 0 Å². The number of pyridine rings is 1. The van der Waals surface area contributed by atoms with Crippen LogP contribution >= 0.6 is 0 Å². The molecule has 0 saturated carbocycles. The Hall–Kier alpha value is -7.82. The first-order valence-corrected chi connectivity index (χ1v) is 19.5. The van der Waals surface area contributed by atoms with Gasteiger partial charge in [0, 0.05) is 28.5 Å². The molecule has 0 unspecified atom stereocenters. The minimum absolute atomic E-state index is 0.610. The fraction of sp³-hybridized carbons (Fsp3) is 0. The molecular weight excluding hydrogens is 705 g/mol. The molecule has 0 fully saturated rings. The highest BCUT2D eigenvalue weighted by Gasteiger charge is 2.19. The first kappa shape index (κ1) is 33.5. The van der Waals surface area contributed by atoms with Crippen LogP contribution < -0.4 is 0 Å². The van der Waals surface area contributed by atoms with Gasteiger partial charge in [0.05, 0.1) is 5.69 Å². The summed E-state index contributed by atoms with van der Waals surface area (Å²) in [5.41, 5.74) is 9.27. The number of rotatable bonds is 6. The molecule has 11 rings (SSSR count). The van der Waals surface area contributed by atoms with Crippen LogP contribution in [-0.4, -0.2) is 19.9 Å². The second kappa shape index (κ2) is 14.0. The lowest BCUT2D eigenvalue weighted by Crippen LogP contribution is -2.01. The molecule has 0 aliphatic rings. The van der Waals surface area contributed by atoms with Crippen molar-refractivity contribution in [2.75, 3.05) is 0 Å². The summed E-state index contributed by atoms with van der Waals surface area (Å²) in [5, 5.41) is 9.23. The average molecular weight is 739 g/mol. The highest BCUT2D eigenvalue weighted by atomic mass is 15.0. The van der Waals surface area contributed by atoms with Crippen LogP contribution in [0.5, 0.6) is 0 Å². The maximum absolute atomic E-state index is 5.35. The van der Waals surface area contributed by atoms with Gasteiger partial charge in [0.25, 0.3) is 0 Å². The summed E-state index contributed by atoms with van der Waals surface area (Å²) >= 11 is 0. The Kier molecular flexibility index (Phi) is 8.11. The third-order valence-corrected chi connectivity index (χ3v) is 11.1. The lowest BCUT2D eigenvalue weighted by Gasteiger charge is -2.16. The van der Waals surface area contributed by atoms with Crippen LogP contribution in [-0.2, 0) is 0 Å². The first-order valence-electron chi connectivity index (χ1n) is 19.5. The highest BCUT2D eigenvalue weighted by molar-refractivity contribution is 6.13. The van der Waals surface area contributed by atoms with Gasteiger partial charge in [0.2, 0.25) is 0 Å². The Bertz CT molecular complexity index is 3170. The monoisotopic (exact) mass is 738 g/mol. The van der Waals surface area contributed by atoms with E-state index in [4.69, 9.17) is 15.0 Å². The topological polar surface area (TPSA) is 51.6 Å². The lowest BCUT2D eigenvalue weighted by atomic mass is 9.89. The SMILES string of the molecule is c1ccc(-c2ccc(-c3cc(-c4nc(-c5cccc6ccccc56)nc(-c5cccc6ccccc56)n4)cc(-c4c5ccccc5cc5ccccc45)c3)cc2)nc1. The van der Waals surface area contributed by atoms with E-state index in [0.717, 1.165) is 66.2 Å². The predicted molar refractivity (Wildman–Crippen MR) is 240 cm³/mol. The van der Waals surface area contributed by atoms with Crippen LogP contribution in [0.15, 0.2) is 206 Å². The molecule has 0 saturated heterocycles. The van der Waals surface area contributed by atoms with E-state index in [2.05, 4.69) is 187 Å². The molecule has 270 valence electrons. The highest BCUT2D eigenvalue weighted by Crippen LogP contribution is 2.41. The summed E-state index contributed by atoms with van der Waals surface area (Å²) in [6.07, 6.45) is 1.83. The van der Waals surface area contributed by atoms with Gasteiger partial charge >= 0.3 is 0 Å². The van der Waals surface area contributed by atoms with Gasteiger partial charge in [-0.2, -0.15) is 0 Å². The number of hydrogen-bond donors (Lipinski definition) is 0. The Morgan fingerprint density at radius 3 is 1.33 bits per heavy atom. The van der Waals surface area contributed by atoms with E-state index in [-0.39, 0.29) is 0 Å². The number of aromatic nitrogens is 4. The van der Waals surface area contributed by atoms with Gasteiger partial charge in [-0.1, -0.05) is 164 Å². The maximum Gasteiger partial charge on any atom is 0.164 e. The quantitative estimate of drug-likeness (QED) is 0.159. The lowest BCUT2D eigenvalue weighted by molar-refractivity contribution is 1.08. The van der Waals surface area contributed by atoms with Gasteiger partial charge in [0.1, 0.15) is 0 Å². The third kappa shape index (κ3) is 5.96. The van der Waals surface area contributed by atoms with Crippen molar-refractivity contribution in [1.82, 2.24) is 19.9 Å². The summed E-state index contributed by atoms with van der Waals surface area (Å²) in [4.78, 5) is 20.5. The fourth-order valence-corrected chi connectivity index (χ4v) is 8.35. The molecule has 2 heterocycles. The van der Waals surface area contributed by atoms with Gasteiger partial charge in [-0.25, -0.2) is 15.0 Å². The minimum atomic E-state index is 0.610. The van der Waals surface area contributed by atoms with E-state index in [0.29, 0.717) is 17.5 Å². The summed E-state index contributed by atoms with van der Waals surface area (Å²) in [6.45, 7) is 0. The zero-order valence-electron chi connectivity index (χ0n) is 31.4. The molecule has 0 bridgehead atoms. The average Bonchev–Trinajstić information content (AvgIpc) is 3.30. The summed E-state index contributed by atoms with van der Waals surface area (Å²) in [5.74, 6) is 1.87. The van der Waals surface area contributed by atoms with E-state index in [1.807, 2.05) is 24.4 Å². The molecule has 0 atom stereocenters. The minimum Gasteiger partial charge on any atom is -0.256 e. The van der Waals surface area contributed by atoms with Crippen molar-refractivity contribution in [1.29, 1.82) is 0 Å². The van der Waals surface area contributed by atoms with Gasteiger partial charge in [0.15, 0.2) is 17.5 Å². The normalized spacial score (nSPS) is 11.4. The molecule has 0 spiro atoms. The first-order chi connectivity index (χ1) is 28.7. The van der Waals surface area contributed by atoms with Crippen molar-refractivity contribution in [3.63, 3.8) is 0 Å². The zero-order chi connectivity index (χ0) is 38.4. The van der Waals surface area contributed by atoms with Crippen LogP contribution in [0.4, 0.5) is 0 Å². The van der Waals surface area contributed by atoms with Gasteiger partial charge in [-0.3, -0.25) is 4.98 Å². The second-order valence-electron chi connectivity index (χ2n) is 14.6. The van der Waals surface area contributed by atoms with Crippen LogP contribution in [0.2, 0.25) is 0 Å².